The van der Waals surface area contributed by atoms with E-state index in [0.717, 1.165) is 80.1 Å². The second-order valence-corrected chi connectivity index (χ2v) is 13.2. The van der Waals surface area contributed by atoms with E-state index in [1.807, 2.05) is 25.1 Å². The lowest BCUT2D eigenvalue weighted by atomic mass is 9.67. The molecule has 0 saturated heterocycles. The van der Waals surface area contributed by atoms with Gasteiger partial charge in [0.05, 0.1) is 43.6 Å². The number of benzene rings is 2. The SMILES string of the molecule is CCOC(=O)[C@@H]1CC=C([C@@H](O)[C@@H]2CC[C@H]2CN2CC3(CCCc4cc(Cl)ccc43)COc3ccc(C(=O)OC)cc32)CC1. The van der Waals surface area contributed by atoms with Crippen LogP contribution >= 0.6 is 11.6 Å². The summed E-state index contributed by atoms with van der Waals surface area (Å²) >= 11 is 6.40. The van der Waals surface area contributed by atoms with E-state index in [2.05, 4.69) is 23.1 Å². The van der Waals surface area contributed by atoms with Gasteiger partial charge in [0.15, 0.2) is 0 Å². The lowest BCUT2D eigenvalue weighted by molar-refractivity contribution is -0.148. The van der Waals surface area contributed by atoms with E-state index in [9.17, 15) is 14.7 Å². The standard InChI is InChI=1S/C35H42ClNO6/c1-3-42-34(40)23-8-6-22(7-9-23)32(38)28-13-10-26(28)19-37-20-35(16-4-5-24-17-27(36)12-14-29(24)35)21-43-31-15-11-25(18-30(31)37)33(39)41-2/h6,11-12,14-15,17-18,23,26,28,32,38H,3-5,7-10,13,16,19-21H2,1-2H3/t23-,26+,28-,32-,35?/m1/s1. The predicted octanol–water partition coefficient (Wildman–Crippen LogP) is 6.28. The van der Waals surface area contributed by atoms with Crippen LogP contribution < -0.4 is 9.64 Å². The first kappa shape index (κ1) is 30.0. The predicted molar refractivity (Wildman–Crippen MR) is 166 cm³/mol. The molecule has 1 aliphatic heterocycles. The number of nitrogens with zero attached hydrogens (tertiary/aromatic N) is 1. The van der Waals surface area contributed by atoms with Crippen LogP contribution in [0.4, 0.5) is 5.69 Å². The van der Waals surface area contributed by atoms with Crippen molar-refractivity contribution >= 4 is 29.2 Å². The Balaban J connectivity index is 1.27. The van der Waals surface area contributed by atoms with Gasteiger partial charge >= 0.3 is 11.9 Å². The molecule has 1 unspecified atom stereocenters. The number of anilines is 1. The number of aliphatic hydroxyl groups is 1. The van der Waals surface area contributed by atoms with Crippen LogP contribution in [-0.4, -0.2) is 56.6 Å². The number of rotatable bonds is 7. The molecule has 5 atom stereocenters. The number of methoxy groups -OCH3 is 1. The van der Waals surface area contributed by atoms with E-state index < -0.39 is 6.10 Å². The van der Waals surface area contributed by atoms with Crippen LogP contribution in [0.2, 0.25) is 5.02 Å². The van der Waals surface area contributed by atoms with Crippen molar-refractivity contribution in [1.82, 2.24) is 0 Å². The number of aryl methyl sites for hydroxylation is 1. The normalized spacial score (nSPS) is 27.0. The second-order valence-electron chi connectivity index (χ2n) is 12.7. The molecule has 0 amide bonds. The maximum atomic E-state index is 12.5. The van der Waals surface area contributed by atoms with E-state index in [0.29, 0.717) is 25.2 Å². The van der Waals surface area contributed by atoms with Gasteiger partial charge < -0.3 is 24.2 Å². The van der Waals surface area contributed by atoms with Gasteiger partial charge in [-0.15, -0.1) is 0 Å². The molecule has 43 heavy (non-hydrogen) atoms. The summed E-state index contributed by atoms with van der Waals surface area (Å²) in [5.41, 5.74) is 4.81. The van der Waals surface area contributed by atoms with Gasteiger partial charge in [-0.1, -0.05) is 23.7 Å². The minimum Gasteiger partial charge on any atom is -0.490 e. The molecule has 8 heteroatoms. The fraction of sp³-hybridized carbons (Fsp3) is 0.543. The zero-order valence-corrected chi connectivity index (χ0v) is 25.9. The molecule has 4 aliphatic rings. The molecule has 1 N–H and O–H groups in total. The van der Waals surface area contributed by atoms with Crippen molar-refractivity contribution in [2.75, 3.05) is 38.3 Å². The zero-order chi connectivity index (χ0) is 30.1. The van der Waals surface area contributed by atoms with Crippen LogP contribution in [0.3, 0.4) is 0 Å². The number of esters is 2. The van der Waals surface area contributed by atoms with E-state index in [1.54, 1.807) is 6.07 Å². The van der Waals surface area contributed by atoms with Crippen LogP contribution in [0.25, 0.3) is 0 Å². The molecule has 3 aliphatic carbocycles. The van der Waals surface area contributed by atoms with Gasteiger partial charge in [-0.25, -0.2) is 4.79 Å². The van der Waals surface area contributed by atoms with Gasteiger partial charge in [-0.2, -0.15) is 0 Å². The molecule has 6 rings (SSSR count). The molecule has 1 fully saturated rings. The van der Waals surface area contributed by atoms with Crippen molar-refractivity contribution in [1.29, 1.82) is 0 Å². The number of carbonyl (C=O) groups excluding carboxylic acids is 2. The van der Waals surface area contributed by atoms with Gasteiger partial charge in [0, 0.05) is 23.5 Å². The highest BCUT2D eigenvalue weighted by Crippen LogP contribution is 2.47. The number of carbonyl (C=O) groups is 2. The summed E-state index contributed by atoms with van der Waals surface area (Å²) in [6.45, 7) is 4.28. The minimum atomic E-state index is -0.516. The van der Waals surface area contributed by atoms with Crippen molar-refractivity contribution < 1.29 is 28.9 Å². The highest BCUT2D eigenvalue weighted by molar-refractivity contribution is 6.30. The Bertz CT molecular complexity index is 1410. The monoisotopic (exact) mass is 607 g/mol. The Morgan fingerprint density at radius 2 is 2.02 bits per heavy atom. The summed E-state index contributed by atoms with van der Waals surface area (Å²) in [6.07, 6.45) is 8.68. The number of aliphatic hydroxyl groups excluding tert-OH is 1. The van der Waals surface area contributed by atoms with Gasteiger partial charge in [0.2, 0.25) is 0 Å². The van der Waals surface area contributed by atoms with E-state index in [-0.39, 0.29) is 35.1 Å². The lowest BCUT2D eigenvalue weighted by Crippen LogP contribution is -2.50. The fourth-order valence-corrected chi connectivity index (χ4v) is 7.95. The van der Waals surface area contributed by atoms with Gasteiger partial charge in [0.1, 0.15) is 5.75 Å². The number of allylic oxidation sites excluding steroid dienone is 1. The lowest BCUT2D eigenvalue weighted by Gasteiger charge is -2.46. The molecule has 2 aromatic rings. The largest absolute Gasteiger partial charge is 0.490 e. The Kier molecular flexibility index (Phi) is 8.74. The van der Waals surface area contributed by atoms with Crippen LogP contribution in [0.5, 0.6) is 5.75 Å². The third-order valence-electron chi connectivity index (χ3n) is 10.2. The topological polar surface area (TPSA) is 85.3 Å². The molecule has 0 aromatic heterocycles. The molecule has 0 radical (unpaired) electrons. The Labute approximate surface area is 259 Å². The fourth-order valence-electron chi connectivity index (χ4n) is 7.75. The second kappa shape index (κ2) is 12.5. The average molecular weight is 608 g/mol. The van der Waals surface area contributed by atoms with Crippen LogP contribution in [-0.2, 0) is 26.1 Å². The van der Waals surface area contributed by atoms with E-state index in [4.69, 9.17) is 25.8 Å². The molecule has 2 aromatic carbocycles. The summed E-state index contributed by atoms with van der Waals surface area (Å²) in [5, 5.41) is 12.3. The van der Waals surface area contributed by atoms with Gasteiger partial charge in [-0.3, -0.25) is 4.79 Å². The molecule has 1 spiro atoms. The van der Waals surface area contributed by atoms with Crippen molar-refractivity contribution in [3.63, 3.8) is 0 Å². The molecule has 230 valence electrons. The van der Waals surface area contributed by atoms with Crippen molar-refractivity contribution in [2.45, 2.75) is 69.8 Å². The highest BCUT2D eigenvalue weighted by Gasteiger charge is 2.45. The van der Waals surface area contributed by atoms with Gasteiger partial charge in [0.25, 0.3) is 0 Å². The average Bonchev–Trinajstić information content (AvgIpc) is 3.15. The summed E-state index contributed by atoms with van der Waals surface area (Å²) in [6, 6.07) is 11.8. The molecule has 1 heterocycles. The summed E-state index contributed by atoms with van der Waals surface area (Å²) in [5.74, 6) is 0.577. The first-order chi connectivity index (χ1) is 20.8. The molecular formula is C35H42ClNO6. The van der Waals surface area contributed by atoms with Crippen molar-refractivity contribution in [2.24, 2.45) is 17.8 Å². The number of ether oxygens (including phenoxy) is 3. The highest BCUT2D eigenvalue weighted by atomic mass is 35.5. The minimum absolute atomic E-state index is 0.116. The number of fused-ring (bicyclic) bond motifs is 3. The summed E-state index contributed by atoms with van der Waals surface area (Å²) in [4.78, 5) is 27.1. The Morgan fingerprint density at radius 1 is 1.16 bits per heavy atom. The Morgan fingerprint density at radius 3 is 2.74 bits per heavy atom. The summed E-state index contributed by atoms with van der Waals surface area (Å²) < 4.78 is 16.8. The maximum absolute atomic E-state index is 12.5. The number of halogens is 1. The third kappa shape index (κ3) is 5.91. The molecule has 0 bridgehead atoms. The van der Waals surface area contributed by atoms with Crippen molar-refractivity contribution in [3.05, 3.63) is 69.8 Å². The Hall–Kier alpha value is -3.03. The van der Waals surface area contributed by atoms with Gasteiger partial charge in [-0.05, 0) is 117 Å². The number of hydrogen-bond acceptors (Lipinski definition) is 7. The first-order valence-corrected chi connectivity index (χ1v) is 16.1. The van der Waals surface area contributed by atoms with Crippen LogP contribution in [0.15, 0.2) is 48.0 Å². The van der Waals surface area contributed by atoms with E-state index >= 15 is 0 Å². The van der Waals surface area contributed by atoms with Crippen LogP contribution in [0, 0.1) is 17.8 Å². The maximum Gasteiger partial charge on any atom is 0.337 e. The number of hydrogen-bond donors (Lipinski definition) is 1. The smallest absolute Gasteiger partial charge is 0.337 e. The quantitative estimate of drug-likeness (QED) is 0.293. The first-order valence-electron chi connectivity index (χ1n) is 15.7. The zero-order valence-electron chi connectivity index (χ0n) is 25.1. The molecule has 1 saturated carbocycles. The van der Waals surface area contributed by atoms with E-state index in [1.165, 1.54) is 18.2 Å². The third-order valence-corrected chi connectivity index (χ3v) is 10.5. The van der Waals surface area contributed by atoms with Crippen LogP contribution in [0.1, 0.15) is 73.4 Å². The van der Waals surface area contributed by atoms with Crippen molar-refractivity contribution in [3.8, 4) is 5.75 Å². The summed E-state index contributed by atoms with van der Waals surface area (Å²) in [7, 11) is 1.40. The molecule has 7 nitrogen and oxygen atoms in total. The molecular weight excluding hydrogens is 566 g/mol.